The molecule has 0 radical (unpaired) electrons. The molecule has 8 rings (SSSR count). The van der Waals surface area contributed by atoms with E-state index in [0.29, 0.717) is 12.2 Å². The lowest BCUT2D eigenvalue weighted by Crippen LogP contribution is -2.69. The average molecular weight is 429 g/mol. The third-order valence-electron chi connectivity index (χ3n) is 9.29. The summed E-state index contributed by atoms with van der Waals surface area (Å²) in [6.07, 6.45) is 5.71. The number of H-pyrrole nitrogens is 1. The van der Waals surface area contributed by atoms with Crippen molar-refractivity contribution in [1.29, 1.82) is 0 Å². The summed E-state index contributed by atoms with van der Waals surface area (Å²) in [6.45, 7) is 2.12. The summed E-state index contributed by atoms with van der Waals surface area (Å²) in [5.41, 5.74) is 4.27. The van der Waals surface area contributed by atoms with E-state index in [9.17, 15) is 10.2 Å². The van der Waals surface area contributed by atoms with E-state index < -0.39 is 11.0 Å². The second-order valence-electron chi connectivity index (χ2n) is 10.8. The van der Waals surface area contributed by atoms with Crippen LogP contribution in [0.25, 0.3) is 10.9 Å². The molecule has 0 amide bonds. The molecule has 3 aromatic rings. The number of aromatic nitrogens is 1. The summed E-state index contributed by atoms with van der Waals surface area (Å²) in [5, 5.41) is 24.9. The Morgan fingerprint density at radius 2 is 2.03 bits per heavy atom. The number of para-hydroxylation sites is 1. The van der Waals surface area contributed by atoms with Gasteiger partial charge in [-0.05, 0) is 67.8 Å². The third kappa shape index (κ3) is 1.95. The molecule has 4 atom stereocenters. The first-order valence-electron chi connectivity index (χ1n) is 12.2. The molecule has 3 heterocycles. The highest BCUT2D eigenvalue weighted by molar-refractivity contribution is 5.86. The standard InChI is InChI=1S/C27H28N2O3/c30-20-9-8-16-12-21-27(31)13-18-17-4-1-2-5-19(17)28-23(18)25-26(27,22(16)24(20)32-25)10-3-11-29(21)14-15-6-7-15/h1-2,4-5,8-9,15,21,25,28,30-31H,3,6-7,10-14H2/t21?,25-,26-,27+/m0/s1. The van der Waals surface area contributed by atoms with Crippen LogP contribution in [0.4, 0.5) is 0 Å². The predicted molar refractivity (Wildman–Crippen MR) is 121 cm³/mol. The highest BCUT2D eigenvalue weighted by atomic mass is 16.5. The third-order valence-corrected chi connectivity index (χ3v) is 9.29. The first kappa shape index (κ1) is 18.0. The van der Waals surface area contributed by atoms with Gasteiger partial charge in [0.2, 0.25) is 0 Å². The quantitative estimate of drug-likeness (QED) is 0.578. The zero-order valence-electron chi connectivity index (χ0n) is 18.1. The van der Waals surface area contributed by atoms with Gasteiger partial charge < -0.3 is 19.9 Å². The van der Waals surface area contributed by atoms with Gasteiger partial charge in [0.1, 0.15) is 0 Å². The molecule has 1 saturated carbocycles. The Morgan fingerprint density at radius 3 is 2.91 bits per heavy atom. The molecule has 3 aliphatic carbocycles. The van der Waals surface area contributed by atoms with Crippen LogP contribution >= 0.6 is 0 Å². The van der Waals surface area contributed by atoms with Crippen LogP contribution in [0.1, 0.15) is 54.2 Å². The Hall–Kier alpha value is -2.50. The van der Waals surface area contributed by atoms with Gasteiger partial charge in [-0.15, -0.1) is 0 Å². The summed E-state index contributed by atoms with van der Waals surface area (Å²) >= 11 is 0. The van der Waals surface area contributed by atoms with Crippen molar-refractivity contribution in [2.24, 2.45) is 5.92 Å². The highest BCUT2D eigenvalue weighted by Crippen LogP contribution is 2.68. The minimum absolute atomic E-state index is 0.0708. The molecule has 32 heavy (non-hydrogen) atoms. The number of phenolic OH excluding ortho intramolecular Hbond substituents is 1. The van der Waals surface area contributed by atoms with Crippen LogP contribution in [0, 0.1) is 5.92 Å². The van der Waals surface area contributed by atoms with Crippen molar-refractivity contribution < 1.29 is 14.9 Å². The summed E-state index contributed by atoms with van der Waals surface area (Å²) in [5.74, 6) is 1.59. The second-order valence-corrected chi connectivity index (χ2v) is 10.8. The SMILES string of the molecule is Oc1ccc2c3c1O[C@H]1c4[nH]c5ccccc5c4C[C@@]4(O)C(C2)N(CC2CC2)CCC[C@]314. The molecule has 2 bridgehead atoms. The zero-order chi connectivity index (χ0) is 21.2. The summed E-state index contributed by atoms with van der Waals surface area (Å²) < 4.78 is 6.66. The van der Waals surface area contributed by atoms with Crippen LogP contribution in [-0.4, -0.2) is 44.8 Å². The number of nitrogens with one attached hydrogen (secondary N) is 1. The predicted octanol–water partition coefficient (Wildman–Crippen LogP) is 3.96. The van der Waals surface area contributed by atoms with E-state index in [1.165, 1.54) is 29.4 Å². The number of aromatic amines is 1. The lowest BCUT2D eigenvalue weighted by molar-refractivity contribution is -0.134. The van der Waals surface area contributed by atoms with Crippen molar-refractivity contribution >= 4 is 10.9 Å². The molecule has 1 spiro atoms. The van der Waals surface area contributed by atoms with Gasteiger partial charge in [0.25, 0.3) is 0 Å². The minimum atomic E-state index is -0.924. The van der Waals surface area contributed by atoms with Crippen molar-refractivity contribution in [2.75, 3.05) is 13.1 Å². The summed E-state index contributed by atoms with van der Waals surface area (Å²) in [4.78, 5) is 6.27. The molecule has 3 N–H and O–H groups in total. The van der Waals surface area contributed by atoms with Gasteiger partial charge in [-0.3, -0.25) is 4.90 Å². The van der Waals surface area contributed by atoms with Crippen LogP contribution in [0.5, 0.6) is 11.5 Å². The number of benzene rings is 2. The topological polar surface area (TPSA) is 68.7 Å². The van der Waals surface area contributed by atoms with Gasteiger partial charge >= 0.3 is 0 Å². The fraction of sp³-hybridized carbons (Fsp3) is 0.481. The molecule has 2 aromatic carbocycles. The lowest BCUT2D eigenvalue weighted by atomic mass is 9.51. The number of likely N-dealkylation sites (tertiary alicyclic amines) is 1. The number of rotatable bonds is 2. The van der Waals surface area contributed by atoms with Gasteiger partial charge in [0.15, 0.2) is 17.6 Å². The van der Waals surface area contributed by atoms with Crippen LogP contribution in [0.3, 0.4) is 0 Å². The van der Waals surface area contributed by atoms with Gasteiger partial charge in [0, 0.05) is 35.5 Å². The monoisotopic (exact) mass is 428 g/mol. The van der Waals surface area contributed by atoms with Gasteiger partial charge in [-0.25, -0.2) is 0 Å². The van der Waals surface area contributed by atoms with E-state index in [4.69, 9.17) is 4.74 Å². The van der Waals surface area contributed by atoms with E-state index in [1.807, 2.05) is 0 Å². The van der Waals surface area contributed by atoms with Crippen LogP contribution < -0.4 is 4.74 Å². The molecular formula is C27H28N2O3. The van der Waals surface area contributed by atoms with Crippen molar-refractivity contribution in [2.45, 2.75) is 61.7 Å². The molecule has 5 heteroatoms. The molecular weight excluding hydrogens is 400 g/mol. The molecule has 5 aliphatic rings. The maximum atomic E-state index is 12.9. The Labute approximate surface area is 187 Å². The van der Waals surface area contributed by atoms with Crippen molar-refractivity contribution in [1.82, 2.24) is 9.88 Å². The normalized spacial score (nSPS) is 34.7. The van der Waals surface area contributed by atoms with Gasteiger partial charge in [0.05, 0.1) is 16.7 Å². The Bertz CT molecular complexity index is 1290. The van der Waals surface area contributed by atoms with Crippen molar-refractivity contribution in [3.8, 4) is 11.5 Å². The summed E-state index contributed by atoms with van der Waals surface area (Å²) in [6, 6.07) is 12.3. The molecule has 164 valence electrons. The van der Waals surface area contributed by atoms with Gasteiger partial charge in [-0.2, -0.15) is 0 Å². The number of ether oxygens (including phenoxy) is 1. The molecule has 1 aromatic heterocycles. The molecule has 1 unspecified atom stereocenters. The number of aliphatic hydroxyl groups is 1. The van der Waals surface area contributed by atoms with Crippen molar-refractivity contribution in [3.05, 3.63) is 58.8 Å². The smallest absolute Gasteiger partial charge is 0.166 e. The first-order valence-corrected chi connectivity index (χ1v) is 12.2. The number of nitrogens with zero attached hydrogens (tertiary/aromatic N) is 1. The van der Waals surface area contributed by atoms with Crippen LogP contribution in [0.15, 0.2) is 36.4 Å². The first-order chi connectivity index (χ1) is 15.6. The largest absolute Gasteiger partial charge is 0.504 e. The van der Waals surface area contributed by atoms with E-state index in [2.05, 4.69) is 40.2 Å². The lowest BCUT2D eigenvalue weighted by Gasteiger charge is -2.57. The van der Waals surface area contributed by atoms with E-state index >= 15 is 0 Å². The van der Waals surface area contributed by atoms with Crippen LogP contribution in [-0.2, 0) is 18.3 Å². The average Bonchev–Trinajstić information content (AvgIpc) is 3.43. The second kappa shape index (κ2) is 5.70. The molecule has 2 aliphatic heterocycles. The Kier molecular flexibility index (Phi) is 3.20. The van der Waals surface area contributed by atoms with E-state index in [-0.39, 0.29) is 17.9 Å². The van der Waals surface area contributed by atoms with Crippen LogP contribution in [0.2, 0.25) is 0 Å². The van der Waals surface area contributed by atoms with Gasteiger partial charge in [-0.1, -0.05) is 24.3 Å². The zero-order valence-corrected chi connectivity index (χ0v) is 18.1. The Morgan fingerprint density at radius 1 is 1.16 bits per heavy atom. The van der Waals surface area contributed by atoms with Crippen molar-refractivity contribution in [3.63, 3.8) is 0 Å². The number of phenols is 1. The number of hydrogen-bond acceptors (Lipinski definition) is 4. The van der Waals surface area contributed by atoms with E-state index in [0.717, 1.165) is 55.0 Å². The number of aromatic hydroxyl groups is 1. The molecule has 2 fully saturated rings. The maximum absolute atomic E-state index is 12.9. The number of hydrogen-bond donors (Lipinski definition) is 3. The fourth-order valence-electron chi connectivity index (χ4n) is 7.82. The highest BCUT2D eigenvalue weighted by Gasteiger charge is 2.71. The minimum Gasteiger partial charge on any atom is -0.504 e. The maximum Gasteiger partial charge on any atom is 0.166 e. The molecule has 1 saturated heterocycles. The molecule has 5 nitrogen and oxygen atoms in total. The van der Waals surface area contributed by atoms with E-state index in [1.54, 1.807) is 6.07 Å². The summed E-state index contributed by atoms with van der Waals surface area (Å²) in [7, 11) is 0. The fourth-order valence-corrected chi connectivity index (χ4v) is 7.82. The number of fused-ring (bicyclic) bond motifs is 4. The Balaban J connectivity index is 1.44.